The first-order chi connectivity index (χ1) is 10.7. The van der Waals surface area contributed by atoms with E-state index in [1.54, 1.807) is 16.8 Å². The van der Waals surface area contributed by atoms with Crippen LogP contribution in [0.15, 0.2) is 28.9 Å². The summed E-state index contributed by atoms with van der Waals surface area (Å²) in [6.45, 7) is 9.03. The van der Waals surface area contributed by atoms with Gasteiger partial charge < -0.3 is 19.2 Å². The van der Waals surface area contributed by atoms with Gasteiger partial charge in [0.15, 0.2) is 0 Å². The predicted octanol–water partition coefficient (Wildman–Crippen LogP) is 1.93. The number of halogens is 1. The Morgan fingerprint density at radius 3 is 2.43 bits per heavy atom. The number of hydrogen-bond acceptors (Lipinski definition) is 4. The second-order valence-corrected chi connectivity index (χ2v) is 7.14. The maximum absolute atomic E-state index is 14.5. The first-order valence-corrected chi connectivity index (χ1v) is 7.85. The Labute approximate surface area is 135 Å². The molecule has 7 heteroatoms. The van der Waals surface area contributed by atoms with Gasteiger partial charge in [0.2, 0.25) is 0 Å². The molecule has 2 aliphatic heterocycles. The van der Waals surface area contributed by atoms with Crippen LogP contribution in [-0.2, 0) is 9.31 Å². The molecule has 2 saturated heterocycles. The monoisotopic (exact) mass is 320 g/mol. The standard InChI is InChI=1S/C16H22BFN2O3/c1-15(2)16(3,4)23-17(22-15)13(18)7-11-5-6-14(21)20(10-11)12-8-19-9-12/h5-7,10,12,19H,8-9H2,1-4H3. The molecule has 1 N–H and O–H groups in total. The van der Waals surface area contributed by atoms with Crippen LogP contribution in [0.5, 0.6) is 0 Å². The summed E-state index contributed by atoms with van der Waals surface area (Å²) in [5, 5.41) is 3.12. The number of pyridine rings is 1. The molecule has 124 valence electrons. The molecule has 3 heterocycles. The zero-order valence-electron chi connectivity index (χ0n) is 13.9. The van der Waals surface area contributed by atoms with Crippen LogP contribution in [-0.4, -0.2) is 36.0 Å². The summed E-state index contributed by atoms with van der Waals surface area (Å²) < 4.78 is 27.5. The van der Waals surface area contributed by atoms with Crippen molar-refractivity contribution in [2.75, 3.05) is 13.1 Å². The van der Waals surface area contributed by atoms with E-state index in [0.717, 1.165) is 13.1 Å². The van der Waals surface area contributed by atoms with Crippen molar-refractivity contribution in [3.63, 3.8) is 0 Å². The average Bonchev–Trinajstić information content (AvgIpc) is 2.60. The Morgan fingerprint density at radius 1 is 1.30 bits per heavy atom. The fraction of sp³-hybridized carbons (Fsp3) is 0.562. The number of hydrogen-bond donors (Lipinski definition) is 1. The van der Waals surface area contributed by atoms with Crippen LogP contribution >= 0.6 is 0 Å². The van der Waals surface area contributed by atoms with Crippen molar-refractivity contribution in [2.45, 2.75) is 44.9 Å². The van der Waals surface area contributed by atoms with Gasteiger partial charge in [0.1, 0.15) is 5.73 Å². The molecule has 0 unspecified atom stereocenters. The quantitative estimate of drug-likeness (QED) is 0.865. The topological polar surface area (TPSA) is 52.5 Å². The van der Waals surface area contributed by atoms with Crippen molar-refractivity contribution in [2.24, 2.45) is 0 Å². The molecule has 0 atom stereocenters. The summed E-state index contributed by atoms with van der Waals surface area (Å²) in [4.78, 5) is 11.9. The summed E-state index contributed by atoms with van der Waals surface area (Å²) in [5.74, 6) is 0. The molecule has 0 aromatic carbocycles. The van der Waals surface area contributed by atoms with E-state index >= 15 is 0 Å². The molecule has 2 aliphatic rings. The second kappa shape index (κ2) is 5.58. The summed E-state index contributed by atoms with van der Waals surface area (Å²) in [7, 11) is -1.02. The SMILES string of the molecule is CC1(C)OB(C(F)=Cc2ccc(=O)n(C3CNC3)c2)OC1(C)C. The Kier molecular flexibility index (Phi) is 3.98. The van der Waals surface area contributed by atoms with Gasteiger partial charge in [-0.2, -0.15) is 0 Å². The molecule has 2 fully saturated rings. The van der Waals surface area contributed by atoms with E-state index in [4.69, 9.17) is 9.31 Å². The lowest BCUT2D eigenvalue weighted by Gasteiger charge is -2.32. The number of aromatic nitrogens is 1. The van der Waals surface area contributed by atoms with Gasteiger partial charge in [-0.15, -0.1) is 0 Å². The fourth-order valence-electron chi connectivity index (χ4n) is 2.54. The van der Waals surface area contributed by atoms with Gasteiger partial charge >= 0.3 is 7.12 Å². The molecule has 0 radical (unpaired) electrons. The third-order valence-electron chi connectivity index (χ3n) is 4.90. The maximum Gasteiger partial charge on any atom is 0.525 e. The molecule has 1 aromatic rings. The van der Waals surface area contributed by atoms with Gasteiger partial charge in [-0.05, 0) is 45.4 Å². The molecule has 23 heavy (non-hydrogen) atoms. The minimum Gasteiger partial charge on any atom is -0.398 e. The van der Waals surface area contributed by atoms with Gasteiger partial charge in [-0.1, -0.05) is 0 Å². The molecular weight excluding hydrogens is 298 g/mol. The van der Waals surface area contributed by atoms with Crippen molar-refractivity contribution < 1.29 is 13.7 Å². The highest BCUT2D eigenvalue weighted by Crippen LogP contribution is 2.39. The van der Waals surface area contributed by atoms with E-state index in [1.165, 1.54) is 12.1 Å². The average molecular weight is 320 g/mol. The van der Waals surface area contributed by atoms with Crippen molar-refractivity contribution in [3.8, 4) is 0 Å². The van der Waals surface area contributed by atoms with E-state index < -0.39 is 24.0 Å². The number of nitrogens with one attached hydrogen (secondary N) is 1. The Morgan fingerprint density at radius 2 is 1.91 bits per heavy atom. The van der Waals surface area contributed by atoms with Gasteiger partial charge in [-0.3, -0.25) is 4.79 Å². The molecule has 0 spiro atoms. The molecular formula is C16H22BFN2O3. The minimum atomic E-state index is -1.02. The first kappa shape index (κ1) is 16.4. The smallest absolute Gasteiger partial charge is 0.398 e. The third kappa shape index (κ3) is 3.01. The lowest BCUT2D eigenvalue weighted by Crippen LogP contribution is -2.46. The van der Waals surface area contributed by atoms with Crippen LogP contribution in [0.3, 0.4) is 0 Å². The minimum absolute atomic E-state index is 0.0790. The normalized spacial score (nSPS) is 23.9. The van der Waals surface area contributed by atoms with Gasteiger partial charge in [0.25, 0.3) is 5.56 Å². The van der Waals surface area contributed by atoms with Gasteiger partial charge in [0, 0.05) is 25.4 Å². The van der Waals surface area contributed by atoms with Crippen LogP contribution in [0.2, 0.25) is 0 Å². The number of nitrogens with zero attached hydrogens (tertiary/aromatic N) is 1. The first-order valence-electron chi connectivity index (χ1n) is 7.85. The van der Waals surface area contributed by atoms with E-state index in [-0.39, 0.29) is 11.6 Å². The van der Waals surface area contributed by atoms with Crippen molar-refractivity contribution in [1.82, 2.24) is 9.88 Å². The Balaban J connectivity index is 1.83. The highest BCUT2D eigenvalue weighted by Gasteiger charge is 2.53. The fourth-order valence-corrected chi connectivity index (χ4v) is 2.54. The van der Waals surface area contributed by atoms with E-state index in [0.29, 0.717) is 5.56 Å². The molecule has 0 amide bonds. The van der Waals surface area contributed by atoms with Crippen LogP contribution in [0, 0.1) is 0 Å². The molecule has 1 aromatic heterocycles. The molecule has 5 nitrogen and oxygen atoms in total. The van der Waals surface area contributed by atoms with Gasteiger partial charge in [-0.25, -0.2) is 4.39 Å². The summed E-state index contributed by atoms with van der Waals surface area (Å²) in [5.41, 5.74) is -1.13. The lowest BCUT2D eigenvalue weighted by atomic mass is 9.87. The lowest BCUT2D eigenvalue weighted by molar-refractivity contribution is 0.00578. The number of rotatable bonds is 3. The molecule has 0 saturated carbocycles. The van der Waals surface area contributed by atoms with Crippen LogP contribution in [0.25, 0.3) is 6.08 Å². The Hall–Kier alpha value is -1.44. The van der Waals surface area contributed by atoms with Crippen LogP contribution in [0.4, 0.5) is 4.39 Å². The van der Waals surface area contributed by atoms with Crippen molar-refractivity contribution >= 4 is 13.2 Å². The molecule has 0 aliphatic carbocycles. The van der Waals surface area contributed by atoms with Crippen molar-refractivity contribution in [1.29, 1.82) is 0 Å². The summed E-state index contributed by atoms with van der Waals surface area (Å²) >= 11 is 0. The van der Waals surface area contributed by atoms with E-state index in [2.05, 4.69) is 5.32 Å². The largest absolute Gasteiger partial charge is 0.525 e. The zero-order chi connectivity index (χ0) is 16.8. The molecule has 3 rings (SSSR count). The predicted molar refractivity (Wildman–Crippen MR) is 87.8 cm³/mol. The van der Waals surface area contributed by atoms with Gasteiger partial charge in [0.05, 0.1) is 17.2 Å². The maximum atomic E-state index is 14.5. The summed E-state index contributed by atoms with van der Waals surface area (Å²) in [6.07, 6.45) is 3.04. The second-order valence-electron chi connectivity index (χ2n) is 7.14. The van der Waals surface area contributed by atoms with Crippen LogP contribution in [0.1, 0.15) is 39.3 Å². The highest BCUT2D eigenvalue weighted by molar-refractivity contribution is 6.54. The van der Waals surface area contributed by atoms with Crippen molar-refractivity contribution in [3.05, 3.63) is 40.0 Å². The molecule has 0 bridgehead atoms. The highest BCUT2D eigenvalue weighted by atomic mass is 19.1. The Bertz CT molecular complexity index is 679. The van der Waals surface area contributed by atoms with Crippen LogP contribution < -0.4 is 10.9 Å². The zero-order valence-corrected chi connectivity index (χ0v) is 13.9. The van der Waals surface area contributed by atoms with E-state index in [9.17, 15) is 9.18 Å². The van der Waals surface area contributed by atoms with E-state index in [1.807, 2.05) is 27.7 Å². The summed E-state index contributed by atoms with van der Waals surface area (Å²) in [6, 6.07) is 3.20. The third-order valence-corrected chi connectivity index (χ3v) is 4.90.